The van der Waals surface area contributed by atoms with Crippen molar-refractivity contribution in [1.82, 2.24) is 5.32 Å². The van der Waals surface area contributed by atoms with Crippen molar-refractivity contribution in [3.8, 4) is 0 Å². The number of aliphatic carboxylic acids is 1. The summed E-state index contributed by atoms with van der Waals surface area (Å²) < 4.78 is 10.9. The minimum atomic E-state index is -4.27. The fourth-order valence-electron chi connectivity index (χ4n) is 1.84. The Labute approximate surface area is 127 Å². The quantitative estimate of drug-likeness (QED) is 0.436. The van der Waals surface area contributed by atoms with Crippen LogP contribution in [0.25, 0.3) is 0 Å². The van der Waals surface area contributed by atoms with Gasteiger partial charge in [0, 0.05) is 0 Å². The van der Waals surface area contributed by atoms with Crippen LogP contribution >= 0.6 is 7.60 Å². The van der Waals surface area contributed by atoms with Gasteiger partial charge in [-0.25, -0.2) is 4.79 Å². The van der Waals surface area contributed by atoms with Gasteiger partial charge < -0.3 is 20.2 Å². The third-order valence-corrected chi connectivity index (χ3v) is 3.61. The molecule has 0 saturated heterocycles. The van der Waals surface area contributed by atoms with Crippen LogP contribution in [0.3, 0.4) is 0 Å². The number of hydrogen-bond acceptors (Lipinski definition) is 3. The van der Waals surface area contributed by atoms with E-state index in [4.69, 9.17) is 14.9 Å². The highest BCUT2D eigenvalue weighted by atomic mass is 31.2. The molecule has 0 aliphatic carbocycles. The Kier molecular flexibility index (Phi) is 6.49. The van der Waals surface area contributed by atoms with E-state index in [0.717, 1.165) is 11.6 Å². The van der Waals surface area contributed by atoms with Crippen molar-refractivity contribution in [2.24, 2.45) is 0 Å². The largest absolute Gasteiger partial charge is 0.479 e. The lowest BCUT2D eigenvalue weighted by atomic mass is 10.1. The highest BCUT2D eigenvalue weighted by molar-refractivity contribution is 7.52. The summed E-state index contributed by atoms with van der Waals surface area (Å²) in [5, 5.41) is 11.4. The van der Waals surface area contributed by atoms with Gasteiger partial charge in [0.15, 0.2) is 0 Å². The van der Waals surface area contributed by atoms with Crippen LogP contribution in [0.15, 0.2) is 42.0 Å². The van der Waals surface area contributed by atoms with Crippen LogP contribution in [0, 0.1) is 0 Å². The molecule has 1 unspecified atom stereocenters. The van der Waals surface area contributed by atoms with Crippen LogP contribution in [0.4, 0.5) is 0 Å². The van der Waals surface area contributed by atoms with E-state index in [9.17, 15) is 14.2 Å². The number of carboxylic acids is 1. The SMILES string of the molecule is CC(=CC(NC(=O)Cc1ccccc1)C(=O)O)CP(=O)(O)O. The summed E-state index contributed by atoms with van der Waals surface area (Å²) in [6.45, 7) is 1.40. The van der Waals surface area contributed by atoms with Crippen LogP contribution < -0.4 is 5.32 Å². The first-order valence-electron chi connectivity index (χ1n) is 6.45. The summed E-state index contributed by atoms with van der Waals surface area (Å²) in [4.78, 5) is 40.7. The molecule has 0 saturated carbocycles. The maximum Gasteiger partial charge on any atom is 0.330 e. The highest BCUT2D eigenvalue weighted by Gasteiger charge is 2.20. The number of nitrogens with one attached hydrogen (secondary N) is 1. The van der Waals surface area contributed by atoms with E-state index in [1.54, 1.807) is 30.3 Å². The zero-order valence-corrected chi connectivity index (χ0v) is 12.9. The van der Waals surface area contributed by atoms with E-state index in [0.29, 0.717) is 0 Å². The molecule has 120 valence electrons. The molecule has 1 aromatic carbocycles. The minimum Gasteiger partial charge on any atom is -0.479 e. The molecule has 1 rings (SSSR count). The summed E-state index contributed by atoms with van der Waals surface area (Å²) in [6.07, 6.45) is 0.603. The molecule has 1 atom stereocenters. The van der Waals surface area contributed by atoms with Gasteiger partial charge in [0.1, 0.15) is 6.04 Å². The molecule has 0 spiro atoms. The fraction of sp³-hybridized carbons (Fsp3) is 0.286. The molecule has 1 aromatic rings. The van der Waals surface area contributed by atoms with E-state index < -0.39 is 31.7 Å². The van der Waals surface area contributed by atoms with E-state index >= 15 is 0 Å². The molecular formula is C14H18NO6P. The second kappa shape index (κ2) is 7.89. The average molecular weight is 327 g/mol. The molecular weight excluding hydrogens is 309 g/mol. The average Bonchev–Trinajstić information content (AvgIpc) is 2.36. The van der Waals surface area contributed by atoms with Crippen molar-refractivity contribution in [3.05, 3.63) is 47.5 Å². The molecule has 8 heteroatoms. The standard InChI is InChI=1S/C14H18NO6P/c1-10(9-22(19,20)21)7-12(14(17)18)15-13(16)8-11-5-3-2-4-6-11/h2-7,12H,8-9H2,1H3,(H,15,16)(H,17,18)(H2,19,20,21). The van der Waals surface area contributed by atoms with E-state index in [2.05, 4.69) is 5.32 Å². The third kappa shape index (κ3) is 7.17. The molecule has 0 bridgehead atoms. The zero-order valence-electron chi connectivity index (χ0n) is 12.0. The Morgan fingerprint density at radius 2 is 1.86 bits per heavy atom. The Morgan fingerprint density at radius 3 is 2.36 bits per heavy atom. The maximum absolute atomic E-state index is 11.8. The molecule has 0 fully saturated rings. The monoisotopic (exact) mass is 327 g/mol. The van der Waals surface area contributed by atoms with Gasteiger partial charge in [0.05, 0.1) is 12.6 Å². The van der Waals surface area contributed by atoms with Crippen molar-refractivity contribution in [2.45, 2.75) is 19.4 Å². The predicted octanol–water partition coefficient (Wildman–Crippen LogP) is 0.922. The molecule has 7 nitrogen and oxygen atoms in total. The third-order valence-electron chi connectivity index (χ3n) is 2.70. The second-order valence-electron chi connectivity index (χ2n) is 4.88. The van der Waals surface area contributed by atoms with Crippen LogP contribution in [-0.2, 0) is 20.6 Å². The van der Waals surface area contributed by atoms with Crippen molar-refractivity contribution >= 4 is 19.5 Å². The molecule has 22 heavy (non-hydrogen) atoms. The lowest BCUT2D eigenvalue weighted by Crippen LogP contribution is -2.40. The Morgan fingerprint density at radius 1 is 1.27 bits per heavy atom. The van der Waals surface area contributed by atoms with Gasteiger partial charge in [-0.05, 0) is 12.5 Å². The number of rotatable bonds is 7. The van der Waals surface area contributed by atoms with Crippen molar-refractivity contribution in [2.75, 3.05) is 6.16 Å². The fourth-order valence-corrected chi connectivity index (χ4v) is 2.60. The molecule has 0 aromatic heterocycles. The Balaban J connectivity index is 2.72. The summed E-state index contributed by atoms with van der Waals surface area (Å²) >= 11 is 0. The second-order valence-corrected chi connectivity index (χ2v) is 6.53. The summed E-state index contributed by atoms with van der Waals surface area (Å²) in [5.74, 6) is -1.79. The van der Waals surface area contributed by atoms with Gasteiger partial charge in [0.2, 0.25) is 5.91 Å². The van der Waals surface area contributed by atoms with Crippen LogP contribution in [-0.4, -0.2) is 39.0 Å². The lowest BCUT2D eigenvalue weighted by molar-refractivity contribution is -0.140. The van der Waals surface area contributed by atoms with Crippen molar-refractivity contribution in [3.63, 3.8) is 0 Å². The number of hydrogen-bond donors (Lipinski definition) is 4. The first-order chi connectivity index (χ1) is 10.2. The van der Waals surface area contributed by atoms with E-state index in [1.807, 2.05) is 0 Å². The van der Waals surface area contributed by atoms with Gasteiger partial charge in [-0.3, -0.25) is 9.36 Å². The van der Waals surface area contributed by atoms with Gasteiger partial charge in [-0.2, -0.15) is 0 Å². The molecule has 0 aliphatic heterocycles. The van der Waals surface area contributed by atoms with Gasteiger partial charge in [0.25, 0.3) is 0 Å². The number of carboxylic acid groups (broad SMARTS) is 1. The normalized spacial score (nSPS) is 13.5. The predicted molar refractivity (Wildman–Crippen MR) is 80.4 cm³/mol. The van der Waals surface area contributed by atoms with E-state index in [-0.39, 0.29) is 12.0 Å². The number of benzene rings is 1. The maximum atomic E-state index is 11.8. The summed E-state index contributed by atoms with van der Waals surface area (Å²) in [5.41, 5.74) is 0.931. The first kappa shape index (κ1) is 18.1. The molecule has 4 N–H and O–H groups in total. The minimum absolute atomic E-state index is 0.0238. The molecule has 0 heterocycles. The van der Waals surface area contributed by atoms with Crippen molar-refractivity contribution < 1.29 is 29.0 Å². The van der Waals surface area contributed by atoms with Crippen LogP contribution in [0.2, 0.25) is 0 Å². The number of amides is 1. The number of allylic oxidation sites excluding steroid dienone is 1. The first-order valence-corrected chi connectivity index (χ1v) is 8.25. The number of carbonyl (C=O) groups excluding carboxylic acids is 1. The van der Waals surface area contributed by atoms with Gasteiger partial charge in [-0.1, -0.05) is 42.0 Å². The van der Waals surface area contributed by atoms with Crippen molar-refractivity contribution in [1.29, 1.82) is 0 Å². The van der Waals surface area contributed by atoms with Gasteiger partial charge in [-0.15, -0.1) is 0 Å². The molecule has 0 aliphatic rings. The topological polar surface area (TPSA) is 124 Å². The van der Waals surface area contributed by atoms with Crippen LogP contribution in [0.5, 0.6) is 0 Å². The summed E-state index contributed by atoms with van der Waals surface area (Å²) in [6, 6.07) is 7.48. The number of carbonyl (C=O) groups is 2. The van der Waals surface area contributed by atoms with Gasteiger partial charge >= 0.3 is 13.6 Å². The zero-order chi connectivity index (χ0) is 16.8. The molecule has 0 radical (unpaired) electrons. The lowest BCUT2D eigenvalue weighted by Gasteiger charge is -2.13. The van der Waals surface area contributed by atoms with E-state index in [1.165, 1.54) is 6.92 Å². The summed E-state index contributed by atoms with van der Waals surface area (Å²) in [7, 11) is -4.27. The molecule has 1 amide bonds. The Bertz CT molecular complexity index is 607. The smallest absolute Gasteiger partial charge is 0.330 e. The highest BCUT2D eigenvalue weighted by Crippen LogP contribution is 2.36. The Hall–Kier alpha value is -1.95. The van der Waals surface area contributed by atoms with Crippen LogP contribution in [0.1, 0.15) is 12.5 Å².